The van der Waals surface area contributed by atoms with Gasteiger partial charge in [-0.2, -0.15) is 57.1 Å². The Morgan fingerprint density at radius 2 is 1.07 bits per heavy atom. The van der Waals surface area contributed by atoms with Crippen molar-refractivity contribution in [3.05, 3.63) is 35.6 Å². The van der Waals surface area contributed by atoms with Crippen LogP contribution in [-0.4, -0.2) is 42.9 Å². The first-order valence-corrected chi connectivity index (χ1v) is 7.41. The van der Waals surface area contributed by atoms with Gasteiger partial charge in [0.25, 0.3) is 0 Å². The molecule has 0 bridgehead atoms. The fourth-order valence-electron chi connectivity index (χ4n) is 2.18. The summed E-state index contributed by atoms with van der Waals surface area (Å²) in [4.78, 5) is 0. The quantitative estimate of drug-likeness (QED) is 0.386. The summed E-state index contributed by atoms with van der Waals surface area (Å²) in [7, 11) is 0.576. The Bertz CT molecular complexity index is 722. The second kappa shape index (κ2) is 7.71. The minimum Gasteiger partial charge on any atom is -0.377 e. The number of rotatable bonds is 8. The highest BCUT2D eigenvalue weighted by molar-refractivity contribution is 5.20. The van der Waals surface area contributed by atoms with Crippen molar-refractivity contribution >= 4 is 0 Å². The predicted molar refractivity (Wildman–Crippen MR) is 71.6 cm³/mol. The summed E-state index contributed by atoms with van der Waals surface area (Å²) in [5.74, 6) is -38.2. The van der Waals surface area contributed by atoms with Gasteiger partial charge in [-0.15, -0.1) is 0 Å². The lowest BCUT2D eigenvalue weighted by Gasteiger charge is -2.40. The SMILES string of the molecule is COC(CC(F)(F)C(F)(F)C(F)(F)C(F)(F)C(F)(F)C(F)(F)F)c1ccc(F)cc1. The van der Waals surface area contributed by atoms with E-state index in [9.17, 15) is 61.5 Å². The fourth-order valence-corrected chi connectivity index (χ4v) is 2.18. The van der Waals surface area contributed by atoms with Gasteiger partial charge in [0.1, 0.15) is 5.82 Å². The molecule has 1 aromatic rings. The van der Waals surface area contributed by atoms with Crippen LogP contribution in [0.1, 0.15) is 18.1 Å². The van der Waals surface area contributed by atoms with Gasteiger partial charge >= 0.3 is 35.8 Å². The highest BCUT2D eigenvalue weighted by atomic mass is 19.4. The molecule has 1 rings (SSSR count). The van der Waals surface area contributed by atoms with Gasteiger partial charge < -0.3 is 4.74 Å². The van der Waals surface area contributed by atoms with Crippen molar-refractivity contribution in [2.24, 2.45) is 0 Å². The molecule has 30 heavy (non-hydrogen) atoms. The van der Waals surface area contributed by atoms with Crippen LogP contribution in [-0.2, 0) is 4.74 Å². The van der Waals surface area contributed by atoms with Gasteiger partial charge in [0, 0.05) is 13.5 Å². The summed E-state index contributed by atoms with van der Waals surface area (Å²) in [5, 5.41) is 0. The fraction of sp³-hybridized carbons (Fsp3) is 0.600. The number of alkyl halides is 13. The van der Waals surface area contributed by atoms with E-state index in [1.54, 1.807) is 0 Å². The molecule has 0 amide bonds. The van der Waals surface area contributed by atoms with Gasteiger partial charge in [-0.3, -0.25) is 0 Å². The Hall–Kier alpha value is -1.80. The monoisotopic (exact) mass is 472 g/mol. The molecule has 0 saturated carbocycles. The molecule has 0 saturated heterocycles. The first-order valence-electron chi connectivity index (χ1n) is 7.41. The zero-order chi connectivity index (χ0) is 24.0. The van der Waals surface area contributed by atoms with Gasteiger partial charge in [0.2, 0.25) is 0 Å². The minimum atomic E-state index is -7.95. The van der Waals surface area contributed by atoms with Gasteiger partial charge in [0.05, 0.1) is 6.10 Å². The predicted octanol–water partition coefficient (Wildman–Crippen LogP) is 6.64. The first-order chi connectivity index (χ1) is 13.2. The van der Waals surface area contributed by atoms with Crippen LogP contribution in [0.4, 0.5) is 61.5 Å². The third kappa shape index (κ3) is 4.04. The van der Waals surface area contributed by atoms with Crippen LogP contribution in [0.2, 0.25) is 0 Å². The molecule has 0 heterocycles. The van der Waals surface area contributed by atoms with Crippen molar-refractivity contribution in [1.29, 1.82) is 0 Å². The van der Waals surface area contributed by atoms with Crippen LogP contribution in [0.15, 0.2) is 24.3 Å². The van der Waals surface area contributed by atoms with E-state index in [4.69, 9.17) is 0 Å². The van der Waals surface area contributed by atoms with Crippen molar-refractivity contribution < 1.29 is 66.2 Å². The Labute approximate surface area is 158 Å². The highest BCUT2D eigenvalue weighted by Crippen LogP contribution is 2.61. The standard InChI is InChI=1S/C15H10F14O/c1-30-9(7-2-4-8(16)5-3-7)6-10(17,18)11(19,20)12(21,22)13(23,24)14(25,26)15(27,28)29/h2-5,9H,6H2,1H3. The van der Waals surface area contributed by atoms with E-state index in [0.29, 0.717) is 31.4 Å². The molecular weight excluding hydrogens is 462 g/mol. The van der Waals surface area contributed by atoms with E-state index in [1.807, 2.05) is 0 Å². The van der Waals surface area contributed by atoms with Gasteiger partial charge in [-0.05, 0) is 17.7 Å². The third-order valence-corrected chi connectivity index (χ3v) is 3.97. The lowest BCUT2D eigenvalue weighted by molar-refractivity contribution is -0.440. The molecule has 0 aliphatic rings. The van der Waals surface area contributed by atoms with Crippen LogP contribution >= 0.6 is 0 Å². The number of hydrogen-bond acceptors (Lipinski definition) is 1. The first kappa shape index (κ1) is 26.2. The molecule has 174 valence electrons. The van der Waals surface area contributed by atoms with E-state index >= 15 is 0 Å². The van der Waals surface area contributed by atoms with Crippen LogP contribution in [0.5, 0.6) is 0 Å². The van der Waals surface area contributed by atoms with E-state index in [-0.39, 0.29) is 0 Å². The minimum absolute atomic E-state index is 0.537. The molecule has 0 fully saturated rings. The molecule has 1 atom stereocenters. The maximum atomic E-state index is 13.9. The normalized spacial score (nSPS) is 16.0. The summed E-state index contributed by atoms with van der Waals surface area (Å²) in [6.07, 6.45) is -12.3. The Kier molecular flexibility index (Phi) is 6.75. The molecule has 1 aromatic carbocycles. The molecule has 0 aliphatic heterocycles. The Balaban J connectivity index is 3.38. The van der Waals surface area contributed by atoms with Crippen molar-refractivity contribution in [2.75, 3.05) is 7.11 Å². The summed E-state index contributed by atoms with van der Waals surface area (Å²) in [6.45, 7) is 0. The maximum Gasteiger partial charge on any atom is 0.460 e. The van der Waals surface area contributed by atoms with Gasteiger partial charge in [-0.25, -0.2) is 4.39 Å². The summed E-state index contributed by atoms with van der Waals surface area (Å²) in [5.41, 5.74) is -0.537. The third-order valence-electron chi connectivity index (χ3n) is 3.97. The average molecular weight is 472 g/mol. The van der Waals surface area contributed by atoms with Crippen LogP contribution in [0.3, 0.4) is 0 Å². The molecule has 0 spiro atoms. The van der Waals surface area contributed by atoms with E-state index in [0.717, 1.165) is 0 Å². The molecule has 1 unspecified atom stereocenters. The van der Waals surface area contributed by atoms with Crippen LogP contribution in [0, 0.1) is 5.82 Å². The largest absolute Gasteiger partial charge is 0.460 e. The second-order valence-electron chi connectivity index (χ2n) is 5.98. The molecule has 0 aromatic heterocycles. The molecule has 0 aliphatic carbocycles. The lowest BCUT2D eigenvalue weighted by Crippen LogP contribution is -2.70. The molecule has 0 N–H and O–H groups in total. The number of methoxy groups -OCH3 is 1. The summed E-state index contributed by atoms with van der Waals surface area (Å²) in [6, 6.07) is 2.54. The highest BCUT2D eigenvalue weighted by Gasteiger charge is 2.90. The topological polar surface area (TPSA) is 9.23 Å². The number of ether oxygens (including phenoxy) is 1. The number of benzene rings is 1. The van der Waals surface area contributed by atoms with E-state index in [2.05, 4.69) is 4.74 Å². The van der Waals surface area contributed by atoms with Crippen LogP contribution in [0.25, 0.3) is 0 Å². The zero-order valence-corrected chi connectivity index (χ0v) is 14.3. The summed E-state index contributed by atoms with van der Waals surface area (Å²) >= 11 is 0. The molecular formula is C15H10F14O. The van der Waals surface area contributed by atoms with Crippen molar-refractivity contribution in [1.82, 2.24) is 0 Å². The number of halogens is 14. The van der Waals surface area contributed by atoms with Crippen molar-refractivity contribution in [2.45, 2.75) is 48.3 Å². The Morgan fingerprint density at radius 3 is 1.43 bits per heavy atom. The zero-order valence-electron chi connectivity index (χ0n) is 14.3. The molecule has 15 heteroatoms. The van der Waals surface area contributed by atoms with E-state index in [1.165, 1.54) is 0 Å². The van der Waals surface area contributed by atoms with Crippen LogP contribution < -0.4 is 0 Å². The molecule has 1 nitrogen and oxygen atoms in total. The molecule has 0 radical (unpaired) electrons. The number of hydrogen-bond donors (Lipinski definition) is 0. The smallest absolute Gasteiger partial charge is 0.377 e. The average Bonchev–Trinajstić information content (AvgIpc) is 2.58. The van der Waals surface area contributed by atoms with Crippen molar-refractivity contribution in [3.63, 3.8) is 0 Å². The lowest BCUT2D eigenvalue weighted by atomic mass is 9.90. The summed E-state index contributed by atoms with van der Waals surface area (Å²) < 4.78 is 187. The van der Waals surface area contributed by atoms with E-state index < -0.39 is 59.7 Å². The van der Waals surface area contributed by atoms with Gasteiger partial charge in [-0.1, -0.05) is 12.1 Å². The maximum absolute atomic E-state index is 13.9. The second-order valence-corrected chi connectivity index (χ2v) is 5.98. The van der Waals surface area contributed by atoms with Crippen molar-refractivity contribution in [3.8, 4) is 0 Å². The Morgan fingerprint density at radius 1 is 0.667 bits per heavy atom. The van der Waals surface area contributed by atoms with Gasteiger partial charge in [0.15, 0.2) is 0 Å².